The molecule has 0 bridgehead atoms. The minimum atomic E-state index is -0.681. The third-order valence-electron chi connectivity index (χ3n) is 7.58. The van der Waals surface area contributed by atoms with Gasteiger partial charge in [0.2, 0.25) is 0 Å². The number of ether oxygens (including phenoxy) is 1. The molecule has 0 aromatic heterocycles. The van der Waals surface area contributed by atoms with Crippen molar-refractivity contribution in [3.8, 4) is 0 Å². The van der Waals surface area contributed by atoms with Crippen LogP contribution in [0.3, 0.4) is 0 Å². The van der Waals surface area contributed by atoms with E-state index in [4.69, 9.17) is 9.84 Å². The maximum absolute atomic E-state index is 12.5. The predicted octanol–water partition coefficient (Wildman–Crippen LogP) is 10.9. The lowest BCUT2D eigenvalue weighted by Crippen LogP contribution is -2.18. The zero-order chi connectivity index (χ0) is 27.2. The summed E-state index contributed by atoms with van der Waals surface area (Å²) in [6.07, 6.45) is 32.7. The Bertz CT molecular complexity index is 491. The molecule has 37 heavy (non-hydrogen) atoms. The lowest BCUT2D eigenvalue weighted by Gasteiger charge is -2.18. The number of hydrogen-bond acceptors (Lipinski definition) is 3. The van der Waals surface area contributed by atoms with Crippen LogP contribution >= 0.6 is 0 Å². The quantitative estimate of drug-likeness (QED) is 0.0749. The molecule has 0 saturated carbocycles. The Kier molecular flexibility index (Phi) is 28.7. The van der Waals surface area contributed by atoms with Gasteiger partial charge in [0.1, 0.15) is 6.10 Å². The number of rotatable bonds is 30. The first-order chi connectivity index (χ1) is 18.1. The first-order valence-corrected chi connectivity index (χ1v) is 16.5. The van der Waals surface area contributed by atoms with Gasteiger partial charge in [0.05, 0.1) is 0 Å². The topological polar surface area (TPSA) is 63.6 Å². The Labute approximate surface area is 231 Å². The van der Waals surface area contributed by atoms with Crippen molar-refractivity contribution < 1.29 is 19.4 Å². The molecular weight excluding hydrogens is 460 g/mol. The summed E-state index contributed by atoms with van der Waals surface area (Å²) in [4.78, 5) is 23.0. The van der Waals surface area contributed by atoms with Crippen molar-refractivity contribution in [3.05, 3.63) is 0 Å². The van der Waals surface area contributed by atoms with Gasteiger partial charge in [-0.25, -0.2) is 0 Å². The normalized spacial score (nSPS) is 12.1. The lowest BCUT2D eigenvalue weighted by atomic mass is 10.0. The van der Waals surface area contributed by atoms with Crippen LogP contribution in [0.25, 0.3) is 0 Å². The van der Waals surface area contributed by atoms with E-state index in [2.05, 4.69) is 13.8 Å². The maximum atomic E-state index is 12.5. The van der Waals surface area contributed by atoms with Crippen molar-refractivity contribution in [3.63, 3.8) is 0 Å². The van der Waals surface area contributed by atoms with Crippen molar-refractivity contribution in [2.24, 2.45) is 0 Å². The third-order valence-corrected chi connectivity index (χ3v) is 7.58. The highest BCUT2D eigenvalue weighted by Crippen LogP contribution is 2.18. The highest BCUT2D eigenvalue weighted by molar-refractivity contribution is 5.69. The Morgan fingerprint density at radius 1 is 0.486 bits per heavy atom. The molecule has 0 saturated heterocycles. The van der Waals surface area contributed by atoms with Crippen LogP contribution in [0.4, 0.5) is 0 Å². The summed E-state index contributed by atoms with van der Waals surface area (Å²) in [5, 5.41) is 8.68. The molecule has 4 heteroatoms. The van der Waals surface area contributed by atoms with Gasteiger partial charge >= 0.3 is 11.9 Å². The first-order valence-electron chi connectivity index (χ1n) is 16.5. The van der Waals surface area contributed by atoms with Crippen molar-refractivity contribution in [1.82, 2.24) is 0 Å². The summed E-state index contributed by atoms with van der Waals surface area (Å²) in [6.45, 7) is 4.51. The number of esters is 1. The molecule has 4 nitrogen and oxygen atoms in total. The van der Waals surface area contributed by atoms with Crippen LogP contribution in [0.2, 0.25) is 0 Å². The van der Waals surface area contributed by atoms with E-state index in [1.54, 1.807) is 0 Å². The summed E-state index contributed by atoms with van der Waals surface area (Å²) < 4.78 is 5.94. The molecule has 0 aromatic carbocycles. The molecule has 0 spiro atoms. The van der Waals surface area contributed by atoms with Gasteiger partial charge in [-0.2, -0.15) is 0 Å². The molecule has 1 unspecified atom stereocenters. The van der Waals surface area contributed by atoms with Gasteiger partial charge in [0.15, 0.2) is 0 Å². The summed E-state index contributed by atoms with van der Waals surface area (Å²) in [5.41, 5.74) is 0. The van der Waals surface area contributed by atoms with Gasteiger partial charge in [-0.3, -0.25) is 9.59 Å². The number of carbonyl (C=O) groups excluding carboxylic acids is 1. The van der Waals surface area contributed by atoms with E-state index >= 15 is 0 Å². The Morgan fingerprint density at radius 2 is 0.811 bits per heavy atom. The van der Waals surface area contributed by atoms with Crippen LogP contribution in [-0.4, -0.2) is 23.1 Å². The molecule has 1 atom stereocenters. The smallest absolute Gasteiger partial charge is 0.306 e. The molecule has 0 aliphatic heterocycles. The number of hydrogen-bond donors (Lipinski definition) is 1. The molecule has 0 fully saturated rings. The molecule has 1 N–H and O–H groups in total. The van der Waals surface area contributed by atoms with Crippen LogP contribution in [0.5, 0.6) is 0 Å². The molecule has 0 amide bonds. The largest absolute Gasteiger partial charge is 0.481 e. The molecule has 0 rings (SSSR count). The minimum Gasteiger partial charge on any atom is -0.481 e. The van der Waals surface area contributed by atoms with E-state index < -0.39 is 5.97 Å². The molecule has 0 heterocycles. The molecular formula is C33H64O4. The summed E-state index contributed by atoms with van der Waals surface area (Å²) in [6, 6.07) is 0. The predicted molar refractivity (Wildman–Crippen MR) is 158 cm³/mol. The number of unbranched alkanes of at least 4 members (excludes halogenated alkanes) is 21. The average Bonchev–Trinajstić information content (AvgIpc) is 2.88. The summed E-state index contributed by atoms with van der Waals surface area (Å²) >= 11 is 0. The third kappa shape index (κ3) is 29.4. The van der Waals surface area contributed by atoms with Gasteiger partial charge in [0, 0.05) is 12.8 Å². The van der Waals surface area contributed by atoms with Gasteiger partial charge in [-0.05, 0) is 38.5 Å². The van der Waals surface area contributed by atoms with E-state index in [1.807, 2.05) is 0 Å². The Hall–Kier alpha value is -1.06. The second-order valence-corrected chi connectivity index (χ2v) is 11.4. The fourth-order valence-electron chi connectivity index (χ4n) is 5.13. The van der Waals surface area contributed by atoms with Crippen LogP contribution in [0, 0.1) is 0 Å². The van der Waals surface area contributed by atoms with Crippen molar-refractivity contribution in [2.45, 2.75) is 200 Å². The van der Waals surface area contributed by atoms with Crippen LogP contribution in [0.15, 0.2) is 0 Å². The molecule has 0 aromatic rings. The van der Waals surface area contributed by atoms with Gasteiger partial charge in [-0.1, -0.05) is 142 Å². The monoisotopic (exact) mass is 524 g/mol. The fraction of sp³-hybridized carbons (Fsp3) is 0.939. The van der Waals surface area contributed by atoms with E-state index in [0.717, 1.165) is 51.4 Å². The van der Waals surface area contributed by atoms with Crippen LogP contribution < -0.4 is 0 Å². The van der Waals surface area contributed by atoms with Crippen molar-refractivity contribution in [2.75, 3.05) is 0 Å². The standard InChI is InChI=1S/C33H64O4/c1-3-5-7-9-10-11-12-13-14-19-22-26-30-33(36)37-31(27-23-8-6-4-2)28-24-20-17-15-16-18-21-25-29-32(34)35/h31H,3-30H2,1-2H3,(H,34,35). The number of carbonyl (C=O) groups is 2. The first kappa shape index (κ1) is 35.9. The van der Waals surface area contributed by atoms with E-state index in [9.17, 15) is 9.59 Å². The number of carboxylic acids is 1. The lowest BCUT2D eigenvalue weighted by molar-refractivity contribution is -0.150. The van der Waals surface area contributed by atoms with E-state index in [1.165, 1.54) is 116 Å². The van der Waals surface area contributed by atoms with E-state index in [0.29, 0.717) is 12.8 Å². The van der Waals surface area contributed by atoms with Gasteiger partial charge in [0.25, 0.3) is 0 Å². The Morgan fingerprint density at radius 3 is 1.22 bits per heavy atom. The average molecular weight is 525 g/mol. The molecule has 220 valence electrons. The second-order valence-electron chi connectivity index (χ2n) is 11.4. The van der Waals surface area contributed by atoms with Crippen LogP contribution in [0.1, 0.15) is 194 Å². The van der Waals surface area contributed by atoms with Crippen molar-refractivity contribution in [1.29, 1.82) is 0 Å². The maximum Gasteiger partial charge on any atom is 0.306 e. The zero-order valence-electron chi connectivity index (χ0n) is 25.0. The number of aliphatic carboxylic acids is 1. The summed E-state index contributed by atoms with van der Waals surface area (Å²) in [5.74, 6) is -0.659. The van der Waals surface area contributed by atoms with Crippen molar-refractivity contribution >= 4 is 11.9 Å². The number of carboxylic acid groups (broad SMARTS) is 1. The van der Waals surface area contributed by atoms with Gasteiger partial charge in [-0.15, -0.1) is 0 Å². The second kappa shape index (κ2) is 29.5. The fourth-order valence-corrected chi connectivity index (χ4v) is 5.13. The molecule has 0 aliphatic carbocycles. The Balaban J connectivity index is 3.83. The van der Waals surface area contributed by atoms with Gasteiger partial charge < -0.3 is 9.84 Å². The minimum absolute atomic E-state index is 0.0222. The molecule has 0 aliphatic rings. The van der Waals surface area contributed by atoms with Crippen LogP contribution in [-0.2, 0) is 14.3 Å². The van der Waals surface area contributed by atoms with E-state index in [-0.39, 0.29) is 12.1 Å². The molecule has 0 radical (unpaired) electrons. The SMILES string of the molecule is CCCCCCCCCCCCCCC(=O)OC(CCCCCC)CCCCCCCCCCC(=O)O. The summed E-state index contributed by atoms with van der Waals surface area (Å²) in [7, 11) is 0. The zero-order valence-corrected chi connectivity index (χ0v) is 25.0. The highest BCUT2D eigenvalue weighted by atomic mass is 16.5. The highest BCUT2D eigenvalue weighted by Gasteiger charge is 2.14.